The van der Waals surface area contributed by atoms with Crippen LogP contribution in [0.4, 0.5) is 0 Å². The molecule has 1 saturated carbocycles. The van der Waals surface area contributed by atoms with Gasteiger partial charge in [0.1, 0.15) is 0 Å². The summed E-state index contributed by atoms with van der Waals surface area (Å²) in [7, 11) is 0. The van der Waals surface area contributed by atoms with E-state index in [9.17, 15) is 0 Å². The summed E-state index contributed by atoms with van der Waals surface area (Å²) in [6, 6.07) is 0. The first kappa shape index (κ1) is 31.4. The van der Waals surface area contributed by atoms with Gasteiger partial charge in [0.15, 0.2) is 0 Å². The van der Waals surface area contributed by atoms with Gasteiger partial charge in [-0.2, -0.15) is 0 Å². The largest absolute Gasteiger partial charge is 0.124 e. The average Bonchev–Trinajstić information content (AvgIpc) is 3.09. The molecule has 0 aromatic carbocycles. The molecule has 0 heteroatoms. The third kappa shape index (κ3) is 43.5. The molecule has 1 fully saturated rings. The summed E-state index contributed by atoms with van der Waals surface area (Å²) in [6.45, 7) is 18.1. The number of allylic oxidation sites excluding steroid dienone is 4. The van der Waals surface area contributed by atoms with Crippen LogP contribution in [0, 0.1) is 18.8 Å². The van der Waals surface area contributed by atoms with Crippen LogP contribution in [0.2, 0.25) is 0 Å². The Kier molecular flexibility index (Phi) is 81.7. The lowest BCUT2D eigenvalue weighted by Crippen LogP contribution is -1.83. The molecular weight excluding hydrogens is 240 g/mol. The summed E-state index contributed by atoms with van der Waals surface area (Å²) < 4.78 is 0. The molecule has 0 unspecified atom stereocenters. The number of terminal acetylenes is 1. The maximum Gasteiger partial charge on any atom is -0.0234 e. The van der Waals surface area contributed by atoms with E-state index in [1.54, 1.807) is 0 Å². The van der Waals surface area contributed by atoms with Crippen LogP contribution in [0.1, 0.15) is 88.0 Å². The Morgan fingerprint density at radius 1 is 0.650 bits per heavy atom. The highest BCUT2D eigenvalue weighted by Gasteiger charge is 2.09. The second-order valence-electron chi connectivity index (χ2n) is 3.24. The van der Waals surface area contributed by atoms with Crippen LogP contribution in [-0.4, -0.2) is 0 Å². The van der Waals surface area contributed by atoms with Crippen molar-refractivity contribution in [1.29, 1.82) is 0 Å². The van der Waals surface area contributed by atoms with Crippen molar-refractivity contribution in [1.82, 2.24) is 0 Å². The van der Waals surface area contributed by atoms with Crippen LogP contribution in [0.15, 0.2) is 24.3 Å². The summed E-state index contributed by atoms with van der Waals surface area (Å²) in [5.74, 6) is 0.931. The van der Waals surface area contributed by atoms with Crippen molar-refractivity contribution in [2.75, 3.05) is 0 Å². The van der Waals surface area contributed by atoms with Gasteiger partial charge in [-0.25, -0.2) is 0 Å². The Morgan fingerprint density at radius 3 is 1.15 bits per heavy atom. The van der Waals surface area contributed by atoms with Crippen molar-refractivity contribution >= 4 is 0 Å². The molecule has 122 valence electrons. The van der Waals surface area contributed by atoms with Crippen LogP contribution in [0.3, 0.4) is 0 Å². The molecule has 20 heavy (non-hydrogen) atoms. The molecule has 1 rings (SSSR count). The molecule has 0 radical (unpaired) electrons. The first-order valence-electron chi connectivity index (χ1n) is 8.38. The van der Waals surface area contributed by atoms with Gasteiger partial charge < -0.3 is 0 Å². The van der Waals surface area contributed by atoms with Crippen LogP contribution in [-0.2, 0) is 0 Å². The highest BCUT2D eigenvalue weighted by atomic mass is 14.2. The molecule has 0 saturated heterocycles. The van der Waals surface area contributed by atoms with Crippen LogP contribution >= 0.6 is 0 Å². The predicted octanol–water partition coefficient (Wildman–Crippen LogP) is 7.66. The third-order valence-electron chi connectivity index (χ3n) is 2.20. The van der Waals surface area contributed by atoms with Crippen LogP contribution < -0.4 is 0 Å². The maximum absolute atomic E-state index is 4.00. The normalized spacial score (nSPS) is 12.2. The molecule has 0 nitrogen and oxygen atoms in total. The van der Waals surface area contributed by atoms with E-state index in [-0.39, 0.29) is 0 Å². The molecule has 0 bridgehead atoms. The molecule has 0 spiro atoms. The molecule has 0 amide bonds. The van der Waals surface area contributed by atoms with E-state index in [4.69, 9.17) is 0 Å². The lowest BCUT2D eigenvalue weighted by molar-refractivity contribution is 0.685. The lowest BCUT2D eigenvalue weighted by Gasteiger charge is -1.96. The fourth-order valence-corrected chi connectivity index (χ4v) is 1.42. The van der Waals surface area contributed by atoms with Crippen LogP contribution in [0.5, 0.6) is 0 Å². The van der Waals surface area contributed by atoms with E-state index >= 15 is 0 Å². The first-order chi connectivity index (χ1) is 9.85. The van der Waals surface area contributed by atoms with E-state index in [1.807, 2.05) is 67.5 Å². The van der Waals surface area contributed by atoms with Gasteiger partial charge in [0.05, 0.1) is 0 Å². The fourth-order valence-electron chi connectivity index (χ4n) is 1.42. The molecule has 0 aliphatic heterocycles. The first-order valence-corrected chi connectivity index (χ1v) is 8.38. The molecule has 0 N–H and O–H groups in total. The second kappa shape index (κ2) is 52.0. The monoisotopic (exact) mass is 282 g/mol. The van der Waals surface area contributed by atoms with Crippen molar-refractivity contribution in [3.8, 4) is 12.8 Å². The van der Waals surface area contributed by atoms with Crippen LogP contribution in [0.25, 0.3) is 0 Å². The van der Waals surface area contributed by atoms with Gasteiger partial charge >= 0.3 is 0 Å². The van der Waals surface area contributed by atoms with Gasteiger partial charge in [0.25, 0.3) is 0 Å². The summed E-state index contributed by atoms with van der Waals surface area (Å²) in [6.07, 6.45) is 22.3. The van der Waals surface area contributed by atoms with E-state index in [1.165, 1.54) is 25.7 Å². The molecule has 1 aliphatic rings. The topological polar surface area (TPSA) is 0 Å². The van der Waals surface area contributed by atoms with Gasteiger partial charge in [-0.3, -0.25) is 0 Å². The molecule has 0 atom stereocenters. The third-order valence-corrected chi connectivity index (χ3v) is 2.20. The van der Waals surface area contributed by atoms with Crippen molar-refractivity contribution < 1.29 is 0 Å². The minimum atomic E-state index is 0.931. The molecular formula is C20H42. The minimum Gasteiger partial charge on any atom is -0.124 e. The zero-order valence-electron chi connectivity index (χ0n) is 15.9. The molecule has 0 aromatic heterocycles. The second-order valence-corrected chi connectivity index (χ2v) is 3.24. The highest BCUT2D eigenvalue weighted by Crippen LogP contribution is 2.25. The summed E-state index contributed by atoms with van der Waals surface area (Å²) in [5, 5.41) is 0. The van der Waals surface area contributed by atoms with Gasteiger partial charge in [0.2, 0.25) is 0 Å². The fraction of sp³-hybridized carbons (Fsp3) is 0.700. The number of hydrogen-bond donors (Lipinski definition) is 0. The summed E-state index contributed by atoms with van der Waals surface area (Å²) in [5.41, 5.74) is 0. The molecule has 0 aromatic rings. The summed E-state index contributed by atoms with van der Waals surface area (Å²) in [4.78, 5) is 0. The Hall–Kier alpha value is -0.960. The maximum atomic E-state index is 4.00. The Labute approximate surface area is 131 Å². The van der Waals surface area contributed by atoms with E-state index in [0.717, 1.165) is 5.92 Å². The highest BCUT2D eigenvalue weighted by molar-refractivity contribution is 4.87. The molecule has 1 aliphatic carbocycles. The van der Waals surface area contributed by atoms with Crippen molar-refractivity contribution in [2.45, 2.75) is 88.0 Å². The Morgan fingerprint density at radius 2 is 0.950 bits per heavy atom. The van der Waals surface area contributed by atoms with Gasteiger partial charge in [-0.15, -0.1) is 12.8 Å². The molecule has 0 heterocycles. The standard InChI is InChI=1S/C8H14.C4H8.3C2H6.C2H2/c1-2-5-8-6-3-4-7-8;1-3-4-2;4*1-2/h2,5,8H,3-4,6-7H2,1H3;3-4H,1-2H3;3*1-2H3;1-2H/b5-2+;4-3-;;;;. The zero-order chi connectivity index (χ0) is 17.2. The lowest BCUT2D eigenvalue weighted by atomic mass is 10.1. The zero-order valence-corrected chi connectivity index (χ0v) is 15.9. The summed E-state index contributed by atoms with van der Waals surface area (Å²) >= 11 is 0. The van der Waals surface area contributed by atoms with Gasteiger partial charge in [0, 0.05) is 0 Å². The predicted molar refractivity (Wildman–Crippen MR) is 101 cm³/mol. The SMILES string of the molecule is C#C.C/C=C/C1CCCC1.C/C=C\C.CC.CC.CC. The van der Waals surface area contributed by atoms with Crippen molar-refractivity contribution in [3.05, 3.63) is 24.3 Å². The Balaban J connectivity index is -0.0000000538. The number of hydrogen-bond acceptors (Lipinski definition) is 0. The van der Waals surface area contributed by atoms with Crippen molar-refractivity contribution in [3.63, 3.8) is 0 Å². The minimum absolute atomic E-state index is 0.931. The van der Waals surface area contributed by atoms with Gasteiger partial charge in [-0.05, 0) is 39.5 Å². The number of rotatable bonds is 1. The van der Waals surface area contributed by atoms with Gasteiger partial charge in [-0.1, -0.05) is 78.7 Å². The van der Waals surface area contributed by atoms with E-state index in [0.29, 0.717) is 0 Å². The van der Waals surface area contributed by atoms with E-state index in [2.05, 4.69) is 31.9 Å². The Bertz CT molecular complexity index is 150. The van der Waals surface area contributed by atoms with Crippen molar-refractivity contribution in [2.24, 2.45) is 5.92 Å². The smallest absolute Gasteiger partial charge is 0.0234 e. The quantitative estimate of drug-likeness (QED) is 0.342. The van der Waals surface area contributed by atoms with E-state index < -0.39 is 0 Å². The average molecular weight is 283 g/mol.